The minimum Gasteiger partial charge on any atom is -0.476 e. The SMILES string of the molecule is CC(CNc1cccnc1C(=O)O)C1CC1. The lowest BCUT2D eigenvalue weighted by Gasteiger charge is -2.13. The van der Waals surface area contributed by atoms with Gasteiger partial charge in [-0.25, -0.2) is 9.78 Å². The van der Waals surface area contributed by atoms with Crippen LogP contribution in [0.25, 0.3) is 0 Å². The van der Waals surface area contributed by atoms with E-state index in [0.717, 1.165) is 12.5 Å². The second-order valence-electron chi connectivity index (χ2n) is 4.40. The van der Waals surface area contributed by atoms with Crippen LogP contribution in [0.3, 0.4) is 0 Å². The average Bonchev–Trinajstić information content (AvgIpc) is 3.10. The van der Waals surface area contributed by atoms with Crippen molar-refractivity contribution in [2.24, 2.45) is 11.8 Å². The maximum atomic E-state index is 10.9. The highest BCUT2D eigenvalue weighted by Gasteiger charge is 2.27. The van der Waals surface area contributed by atoms with E-state index in [2.05, 4.69) is 17.2 Å². The highest BCUT2D eigenvalue weighted by atomic mass is 16.4. The van der Waals surface area contributed by atoms with E-state index in [9.17, 15) is 4.79 Å². The first-order valence-electron chi connectivity index (χ1n) is 5.60. The summed E-state index contributed by atoms with van der Waals surface area (Å²) in [6.07, 6.45) is 4.11. The molecule has 86 valence electrons. The van der Waals surface area contributed by atoms with Crippen molar-refractivity contribution in [1.29, 1.82) is 0 Å². The number of nitrogens with zero attached hydrogens (tertiary/aromatic N) is 1. The summed E-state index contributed by atoms with van der Waals surface area (Å²) in [5, 5.41) is 12.1. The third-order valence-corrected chi connectivity index (χ3v) is 3.05. The molecule has 0 aliphatic heterocycles. The monoisotopic (exact) mass is 220 g/mol. The van der Waals surface area contributed by atoms with Crippen molar-refractivity contribution < 1.29 is 9.90 Å². The Balaban J connectivity index is 1.99. The smallest absolute Gasteiger partial charge is 0.356 e. The lowest BCUT2D eigenvalue weighted by atomic mass is 10.1. The fourth-order valence-electron chi connectivity index (χ4n) is 1.82. The van der Waals surface area contributed by atoms with Crippen molar-refractivity contribution in [1.82, 2.24) is 4.98 Å². The summed E-state index contributed by atoms with van der Waals surface area (Å²) < 4.78 is 0. The van der Waals surface area contributed by atoms with Crippen LogP contribution in [0.4, 0.5) is 5.69 Å². The minimum atomic E-state index is -0.984. The fourth-order valence-corrected chi connectivity index (χ4v) is 1.82. The molecular formula is C12H16N2O2. The molecule has 4 heteroatoms. The van der Waals surface area contributed by atoms with Gasteiger partial charge in [-0.15, -0.1) is 0 Å². The molecule has 4 nitrogen and oxygen atoms in total. The van der Waals surface area contributed by atoms with Crippen LogP contribution >= 0.6 is 0 Å². The molecule has 1 aliphatic carbocycles. The number of nitrogens with one attached hydrogen (secondary N) is 1. The number of carboxylic acids is 1. The zero-order valence-electron chi connectivity index (χ0n) is 9.31. The topological polar surface area (TPSA) is 62.2 Å². The van der Waals surface area contributed by atoms with Crippen LogP contribution in [0.2, 0.25) is 0 Å². The Labute approximate surface area is 94.7 Å². The van der Waals surface area contributed by atoms with Gasteiger partial charge >= 0.3 is 5.97 Å². The number of hydrogen-bond acceptors (Lipinski definition) is 3. The first kappa shape index (κ1) is 10.9. The largest absolute Gasteiger partial charge is 0.476 e. The molecule has 16 heavy (non-hydrogen) atoms. The Kier molecular flexibility index (Phi) is 3.08. The van der Waals surface area contributed by atoms with Crippen molar-refractivity contribution in [3.8, 4) is 0 Å². The molecule has 2 rings (SSSR count). The predicted molar refractivity (Wildman–Crippen MR) is 61.6 cm³/mol. The second kappa shape index (κ2) is 4.51. The third-order valence-electron chi connectivity index (χ3n) is 3.05. The lowest BCUT2D eigenvalue weighted by molar-refractivity contribution is 0.0691. The number of carboxylic acid groups (broad SMARTS) is 1. The van der Waals surface area contributed by atoms with Crippen molar-refractivity contribution in [2.75, 3.05) is 11.9 Å². The van der Waals surface area contributed by atoms with Gasteiger partial charge in [-0.05, 0) is 36.8 Å². The highest BCUT2D eigenvalue weighted by molar-refractivity contribution is 5.91. The van der Waals surface area contributed by atoms with Gasteiger partial charge in [-0.3, -0.25) is 0 Å². The molecule has 1 heterocycles. The van der Waals surface area contributed by atoms with Gasteiger partial charge in [0.25, 0.3) is 0 Å². The Morgan fingerprint density at radius 2 is 2.44 bits per heavy atom. The number of carbonyl (C=O) groups is 1. The molecule has 1 unspecified atom stereocenters. The molecule has 0 saturated heterocycles. The van der Waals surface area contributed by atoms with E-state index in [1.54, 1.807) is 12.1 Å². The average molecular weight is 220 g/mol. The molecule has 1 atom stereocenters. The number of rotatable bonds is 5. The summed E-state index contributed by atoms with van der Waals surface area (Å²) in [4.78, 5) is 14.8. The van der Waals surface area contributed by atoms with E-state index >= 15 is 0 Å². The highest BCUT2D eigenvalue weighted by Crippen LogP contribution is 2.36. The van der Waals surface area contributed by atoms with Gasteiger partial charge in [-0.2, -0.15) is 0 Å². The Bertz CT molecular complexity index is 388. The van der Waals surface area contributed by atoms with Gasteiger partial charge in [0, 0.05) is 12.7 Å². The van der Waals surface area contributed by atoms with Crippen LogP contribution in [0.15, 0.2) is 18.3 Å². The number of anilines is 1. The Morgan fingerprint density at radius 3 is 3.06 bits per heavy atom. The van der Waals surface area contributed by atoms with Crippen LogP contribution in [-0.2, 0) is 0 Å². The number of aromatic carboxylic acids is 1. The maximum absolute atomic E-state index is 10.9. The maximum Gasteiger partial charge on any atom is 0.356 e. The minimum absolute atomic E-state index is 0.102. The normalized spacial score (nSPS) is 16.8. The van der Waals surface area contributed by atoms with Gasteiger partial charge in [-0.1, -0.05) is 6.92 Å². The van der Waals surface area contributed by atoms with E-state index < -0.39 is 5.97 Å². The lowest BCUT2D eigenvalue weighted by Crippen LogP contribution is -2.15. The third kappa shape index (κ3) is 2.51. The van der Waals surface area contributed by atoms with Crippen molar-refractivity contribution >= 4 is 11.7 Å². The van der Waals surface area contributed by atoms with Crippen LogP contribution < -0.4 is 5.32 Å². The predicted octanol–water partition coefficient (Wildman–Crippen LogP) is 2.24. The summed E-state index contributed by atoms with van der Waals surface area (Å²) in [6, 6.07) is 3.51. The number of hydrogen-bond donors (Lipinski definition) is 2. The number of pyridine rings is 1. The van der Waals surface area contributed by atoms with Gasteiger partial charge in [0.15, 0.2) is 5.69 Å². The first-order chi connectivity index (χ1) is 7.68. The molecule has 0 radical (unpaired) electrons. The second-order valence-corrected chi connectivity index (χ2v) is 4.40. The summed E-state index contributed by atoms with van der Waals surface area (Å²) in [5.41, 5.74) is 0.716. The van der Waals surface area contributed by atoms with E-state index in [4.69, 9.17) is 5.11 Å². The van der Waals surface area contributed by atoms with E-state index in [0.29, 0.717) is 11.6 Å². The molecule has 0 amide bonds. The molecule has 1 aliphatic rings. The zero-order valence-corrected chi connectivity index (χ0v) is 9.31. The quantitative estimate of drug-likeness (QED) is 0.798. The summed E-state index contributed by atoms with van der Waals surface area (Å²) in [6.45, 7) is 3.01. The van der Waals surface area contributed by atoms with Crippen molar-refractivity contribution in [3.05, 3.63) is 24.0 Å². The zero-order chi connectivity index (χ0) is 11.5. The summed E-state index contributed by atoms with van der Waals surface area (Å²) in [5.74, 6) is 0.432. The molecule has 1 aromatic heterocycles. The van der Waals surface area contributed by atoms with Crippen LogP contribution in [0.5, 0.6) is 0 Å². The van der Waals surface area contributed by atoms with E-state index in [1.165, 1.54) is 19.0 Å². The van der Waals surface area contributed by atoms with Crippen LogP contribution in [-0.4, -0.2) is 22.6 Å². The molecule has 0 bridgehead atoms. The van der Waals surface area contributed by atoms with Gasteiger partial charge in [0.1, 0.15) is 0 Å². The first-order valence-corrected chi connectivity index (χ1v) is 5.60. The van der Waals surface area contributed by atoms with E-state index in [-0.39, 0.29) is 5.69 Å². The Hall–Kier alpha value is -1.58. The molecular weight excluding hydrogens is 204 g/mol. The van der Waals surface area contributed by atoms with Gasteiger partial charge in [0.2, 0.25) is 0 Å². The van der Waals surface area contributed by atoms with Crippen LogP contribution in [0, 0.1) is 11.8 Å². The Morgan fingerprint density at radius 1 is 1.69 bits per heavy atom. The van der Waals surface area contributed by atoms with Gasteiger partial charge in [0.05, 0.1) is 5.69 Å². The molecule has 1 saturated carbocycles. The summed E-state index contributed by atoms with van der Waals surface area (Å²) >= 11 is 0. The molecule has 1 fully saturated rings. The summed E-state index contributed by atoms with van der Waals surface area (Å²) in [7, 11) is 0. The molecule has 0 aromatic carbocycles. The number of aromatic nitrogens is 1. The molecule has 0 spiro atoms. The van der Waals surface area contributed by atoms with E-state index in [1.807, 2.05) is 0 Å². The van der Waals surface area contributed by atoms with Gasteiger partial charge < -0.3 is 10.4 Å². The van der Waals surface area contributed by atoms with Crippen molar-refractivity contribution in [2.45, 2.75) is 19.8 Å². The van der Waals surface area contributed by atoms with Crippen molar-refractivity contribution in [3.63, 3.8) is 0 Å². The van der Waals surface area contributed by atoms with Crippen LogP contribution in [0.1, 0.15) is 30.3 Å². The molecule has 2 N–H and O–H groups in total. The fraction of sp³-hybridized carbons (Fsp3) is 0.500. The standard InChI is InChI=1S/C12H16N2O2/c1-8(9-4-5-9)7-14-10-3-2-6-13-11(10)12(15)16/h2-3,6,8-9,14H,4-5,7H2,1H3,(H,15,16). The molecule has 1 aromatic rings.